The number of halogens is 3. The molecule has 1 fully saturated rings. The van der Waals surface area contributed by atoms with E-state index in [9.17, 15) is 22.8 Å². The zero-order valence-corrected chi connectivity index (χ0v) is 16.7. The maximum absolute atomic E-state index is 13.0. The Morgan fingerprint density at radius 1 is 1.26 bits per heavy atom. The number of hydrogen-bond donors (Lipinski definition) is 1. The molecule has 1 N–H and O–H groups in total. The number of benzene rings is 1. The number of Topliss-reactive ketones (excluding diaryl/α,β-unsaturated/α-hetero) is 1. The summed E-state index contributed by atoms with van der Waals surface area (Å²) in [4.78, 5) is 29.2. The smallest absolute Gasteiger partial charge is 0.340 e. The number of nitrogens with zero attached hydrogens (tertiary/aromatic N) is 4. The summed E-state index contributed by atoms with van der Waals surface area (Å²) in [6, 6.07) is 4.57. The van der Waals surface area contributed by atoms with Crippen LogP contribution in [-0.2, 0) is 17.5 Å². The monoisotopic (exact) mass is 433 g/mol. The summed E-state index contributed by atoms with van der Waals surface area (Å²) in [5, 5.41) is 10.4. The van der Waals surface area contributed by atoms with Gasteiger partial charge in [-0.25, -0.2) is 4.68 Å². The molecule has 2 aromatic heterocycles. The maximum Gasteiger partial charge on any atom is 0.416 e. The van der Waals surface area contributed by atoms with E-state index in [2.05, 4.69) is 20.6 Å². The van der Waals surface area contributed by atoms with E-state index in [0.717, 1.165) is 25.0 Å². The number of rotatable bonds is 6. The number of hydrogen-bond acceptors (Lipinski definition) is 6. The molecule has 1 aromatic carbocycles. The third kappa shape index (κ3) is 4.21. The second-order valence-electron chi connectivity index (χ2n) is 7.34. The summed E-state index contributed by atoms with van der Waals surface area (Å²) < 4.78 is 45.3. The summed E-state index contributed by atoms with van der Waals surface area (Å²) >= 11 is 0. The van der Waals surface area contributed by atoms with Crippen molar-refractivity contribution in [1.82, 2.24) is 25.2 Å². The standard InChI is InChI=1S/C20H18F3N5O3/c1-10-16(11(2)28(26-10)14-5-3-4-13(8-14)20(21,22)23)17(29)19(30)24-9-15-25-18(27-31-15)12-6-7-12/h3-5,8,12H,6-7,9H2,1-2H3,(H,24,30). The molecule has 1 aliphatic rings. The Morgan fingerprint density at radius 2 is 2.00 bits per heavy atom. The van der Waals surface area contributed by atoms with Crippen molar-refractivity contribution in [2.45, 2.75) is 45.3 Å². The van der Waals surface area contributed by atoms with Crippen molar-refractivity contribution in [1.29, 1.82) is 0 Å². The first-order valence-electron chi connectivity index (χ1n) is 9.54. The Balaban J connectivity index is 1.52. The lowest BCUT2D eigenvalue weighted by Gasteiger charge is -2.10. The van der Waals surface area contributed by atoms with E-state index in [1.54, 1.807) is 0 Å². The number of aromatic nitrogens is 4. The number of alkyl halides is 3. The van der Waals surface area contributed by atoms with Gasteiger partial charge in [0.25, 0.3) is 11.7 Å². The lowest BCUT2D eigenvalue weighted by atomic mass is 10.1. The van der Waals surface area contributed by atoms with Crippen LogP contribution in [-0.4, -0.2) is 31.6 Å². The molecule has 0 radical (unpaired) electrons. The minimum atomic E-state index is -4.52. The van der Waals surface area contributed by atoms with Gasteiger partial charge in [-0.05, 0) is 44.9 Å². The van der Waals surface area contributed by atoms with Gasteiger partial charge in [0.2, 0.25) is 5.89 Å². The molecule has 0 atom stereocenters. The summed E-state index contributed by atoms with van der Waals surface area (Å²) in [5.41, 5.74) is -0.199. The van der Waals surface area contributed by atoms with Gasteiger partial charge in [-0.3, -0.25) is 9.59 Å². The molecular weight excluding hydrogens is 415 g/mol. The van der Waals surface area contributed by atoms with E-state index in [4.69, 9.17) is 4.52 Å². The molecule has 31 heavy (non-hydrogen) atoms. The molecule has 162 valence electrons. The van der Waals surface area contributed by atoms with E-state index in [1.807, 2.05) is 0 Å². The second kappa shape index (κ2) is 7.64. The fraction of sp³-hybridized carbons (Fsp3) is 0.350. The van der Waals surface area contributed by atoms with Gasteiger partial charge in [-0.2, -0.15) is 23.3 Å². The molecule has 4 rings (SSSR count). The van der Waals surface area contributed by atoms with E-state index in [1.165, 1.54) is 30.7 Å². The maximum atomic E-state index is 13.0. The summed E-state index contributed by atoms with van der Waals surface area (Å²) in [7, 11) is 0. The van der Waals surface area contributed by atoms with E-state index < -0.39 is 23.4 Å². The van der Waals surface area contributed by atoms with Crippen LogP contribution in [0.2, 0.25) is 0 Å². The van der Waals surface area contributed by atoms with Gasteiger partial charge in [0.15, 0.2) is 5.82 Å². The topological polar surface area (TPSA) is 103 Å². The van der Waals surface area contributed by atoms with Crippen molar-refractivity contribution in [2.75, 3.05) is 0 Å². The molecule has 0 unspecified atom stereocenters. The molecule has 2 heterocycles. The highest BCUT2D eigenvalue weighted by Crippen LogP contribution is 2.38. The molecule has 0 spiro atoms. The average Bonchev–Trinajstić information content (AvgIpc) is 3.39. The van der Waals surface area contributed by atoms with Crippen molar-refractivity contribution in [3.63, 3.8) is 0 Å². The number of amides is 1. The number of carbonyl (C=O) groups excluding carboxylic acids is 2. The third-order valence-electron chi connectivity index (χ3n) is 4.97. The Labute approximate surface area is 174 Å². The highest BCUT2D eigenvalue weighted by molar-refractivity contribution is 6.43. The van der Waals surface area contributed by atoms with Crippen LogP contribution in [0, 0.1) is 13.8 Å². The van der Waals surface area contributed by atoms with Crippen LogP contribution in [0.3, 0.4) is 0 Å². The quantitative estimate of drug-likeness (QED) is 0.473. The predicted molar refractivity (Wildman–Crippen MR) is 100 cm³/mol. The zero-order valence-electron chi connectivity index (χ0n) is 16.7. The summed E-state index contributed by atoms with van der Waals surface area (Å²) in [6.45, 7) is 2.92. The fourth-order valence-corrected chi connectivity index (χ4v) is 3.23. The summed E-state index contributed by atoms with van der Waals surface area (Å²) in [6.07, 6.45) is -2.52. The van der Waals surface area contributed by atoms with Crippen LogP contribution in [0.15, 0.2) is 28.8 Å². The van der Waals surface area contributed by atoms with Crippen LogP contribution in [0.1, 0.15) is 57.8 Å². The van der Waals surface area contributed by atoms with Crippen LogP contribution in [0.25, 0.3) is 5.69 Å². The first-order chi connectivity index (χ1) is 14.6. The van der Waals surface area contributed by atoms with Gasteiger partial charge in [0.1, 0.15) is 0 Å². The molecule has 1 saturated carbocycles. The molecule has 8 nitrogen and oxygen atoms in total. The van der Waals surface area contributed by atoms with Crippen molar-refractivity contribution < 1.29 is 27.3 Å². The van der Waals surface area contributed by atoms with Gasteiger partial charge in [-0.1, -0.05) is 11.2 Å². The highest BCUT2D eigenvalue weighted by Gasteiger charge is 2.32. The van der Waals surface area contributed by atoms with Gasteiger partial charge < -0.3 is 9.84 Å². The van der Waals surface area contributed by atoms with Crippen molar-refractivity contribution >= 4 is 11.7 Å². The Morgan fingerprint density at radius 3 is 2.68 bits per heavy atom. The van der Waals surface area contributed by atoms with Crippen LogP contribution < -0.4 is 5.32 Å². The average molecular weight is 433 g/mol. The molecule has 0 bridgehead atoms. The fourth-order valence-electron chi connectivity index (χ4n) is 3.23. The lowest BCUT2D eigenvalue weighted by molar-refractivity contribution is -0.137. The van der Waals surface area contributed by atoms with Crippen LogP contribution >= 0.6 is 0 Å². The predicted octanol–water partition coefficient (Wildman–Crippen LogP) is 3.27. The first-order valence-corrected chi connectivity index (χ1v) is 9.54. The Hall–Kier alpha value is -3.50. The summed E-state index contributed by atoms with van der Waals surface area (Å²) in [5.74, 6) is -0.682. The molecule has 3 aromatic rings. The van der Waals surface area contributed by atoms with E-state index >= 15 is 0 Å². The molecular formula is C20H18F3N5O3. The molecule has 1 aliphatic carbocycles. The van der Waals surface area contributed by atoms with Gasteiger partial charge >= 0.3 is 6.18 Å². The lowest BCUT2D eigenvalue weighted by Crippen LogP contribution is -2.31. The largest absolute Gasteiger partial charge is 0.416 e. The molecule has 0 saturated heterocycles. The van der Waals surface area contributed by atoms with Crippen molar-refractivity contribution in [2.24, 2.45) is 0 Å². The number of ketones is 1. The van der Waals surface area contributed by atoms with E-state index in [-0.39, 0.29) is 35.1 Å². The third-order valence-corrected chi connectivity index (χ3v) is 4.97. The highest BCUT2D eigenvalue weighted by atomic mass is 19.4. The SMILES string of the molecule is Cc1nn(-c2cccc(C(F)(F)F)c2)c(C)c1C(=O)C(=O)NCc1nc(C2CC2)no1. The first kappa shape index (κ1) is 20.8. The normalized spacial score (nSPS) is 14.0. The number of nitrogens with one attached hydrogen (secondary N) is 1. The number of carbonyl (C=O) groups is 2. The van der Waals surface area contributed by atoms with Crippen molar-refractivity contribution in [3.05, 3.63) is 58.5 Å². The molecule has 0 aliphatic heterocycles. The van der Waals surface area contributed by atoms with Gasteiger partial charge in [0.05, 0.1) is 34.7 Å². The Bertz CT molecular complexity index is 1160. The zero-order chi connectivity index (χ0) is 22.3. The van der Waals surface area contributed by atoms with E-state index in [0.29, 0.717) is 11.7 Å². The second-order valence-corrected chi connectivity index (χ2v) is 7.34. The Kier molecular flexibility index (Phi) is 5.11. The van der Waals surface area contributed by atoms with Gasteiger partial charge in [0, 0.05) is 5.92 Å². The van der Waals surface area contributed by atoms with Crippen LogP contribution in [0.5, 0.6) is 0 Å². The minimum absolute atomic E-state index is 0.0270. The minimum Gasteiger partial charge on any atom is -0.340 e. The molecule has 1 amide bonds. The van der Waals surface area contributed by atoms with Gasteiger partial charge in [-0.15, -0.1) is 0 Å². The molecule has 11 heteroatoms. The van der Waals surface area contributed by atoms with Crippen molar-refractivity contribution in [3.8, 4) is 5.69 Å². The van der Waals surface area contributed by atoms with Crippen LogP contribution in [0.4, 0.5) is 13.2 Å². The number of aryl methyl sites for hydroxylation is 1.